The number of pyridine rings is 1. The van der Waals surface area contributed by atoms with Crippen LogP contribution in [0.5, 0.6) is 0 Å². The van der Waals surface area contributed by atoms with Crippen LogP contribution in [0.1, 0.15) is 61.2 Å². The highest BCUT2D eigenvalue weighted by Gasteiger charge is 2.34. The van der Waals surface area contributed by atoms with E-state index in [4.69, 9.17) is 19.4 Å². The summed E-state index contributed by atoms with van der Waals surface area (Å²) < 4.78 is 6.24. The van der Waals surface area contributed by atoms with Crippen LogP contribution in [0.25, 0.3) is 61.2 Å². The number of nitrogens with zero attached hydrogens (tertiary/aromatic N) is 4. The molecule has 4 heterocycles. The average molecular weight is 739 g/mol. The van der Waals surface area contributed by atoms with E-state index < -0.39 is 0 Å². The van der Waals surface area contributed by atoms with Crippen molar-refractivity contribution in [3.63, 3.8) is 0 Å². The number of furan rings is 1. The molecule has 0 bridgehead atoms. The summed E-state index contributed by atoms with van der Waals surface area (Å²) in [5, 5.41) is 2.24. The molecule has 7 aromatic rings. The summed E-state index contributed by atoms with van der Waals surface area (Å²) in [6.45, 7) is 6.83. The Morgan fingerprint density at radius 1 is 0.789 bits per heavy atom. The highest BCUT2D eigenvalue weighted by atomic mass is 16.3. The van der Waals surface area contributed by atoms with E-state index in [-0.39, 0.29) is 12.0 Å². The first-order chi connectivity index (χ1) is 28.1. The summed E-state index contributed by atoms with van der Waals surface area (Å²) in [5.74, 6) is 0.975. The lowest BCUT2D eigenvalue weighted by Crippen LogP contribution is -2.31. The maximum atomic E-state index is 6.24. The van der Waals surface area contributed by atoms with Crippen molar-refractivity contribution in [2.45, 2.75) is 44.6 Å². The van der Waals surface area contributed by atoms with Crippen LogP contribution < -0.4 is 4.90 Å². The van der Waals surface area contributed by atoms with Crippen LogP contribution in [-0.2, 0) is 0 Å². The van der Waals surface area contributed by atoms with E-state index in [1.54, 1.807) is 0 Å². The number of hydrogen-bond acceptors (Lipinski definition) is 5. The molecule has 2 atom stereocenters. The summed E-state index contributed by atoms with van der Waals surface area (Å²) in [4.78, 5) is 17.7. The van der Waals surface area contributed by atoms with Gasteiger partial charge in [-0.15, -0.1) is 0 Å². The molecule has 0 fully saturated rings. The Morgan fingerprint density at radius 2 is 1.60 bits per heavy atom. The van der Waals surface area contributed by atoms with Crippen molar-refractivity contribution < 1.29 is 4.42 Å². The highest BCUT2D eigenvalue weighted by molar-refractivity contribution is 6.06. The predicted molar refractivity (Wildman–Crippen MR) is 235 cm³/mol. The van der Waals surface area contributed by atoms with E-state index in [1.165, 1.54) is 16.8 Å². The second-order valence-corrected chi connectivity index (χ2v) is 15.1. The molecule has 5 nitrogen and oxygen atoms in total. The lowest BCUT2D eigenvalue weighted by atomic mass is 9.90. The molecule has 0 amide bonds. The van der Waals surface area contributed by atoms with Crippen LogP contribution in [-0.4, -0.2) is 21.0 Å². The van der Waals surface area contributed by atoms with Gasteiger partial charge in [0.2, 0.25) is 0 Å². The Hall–Kier alpha value is -6.85. The number of para-hydroxylation sites is 2. The van der Waals surface area contributed by atoms with Crippen molar-refractivity contribution >= 4 is 44.3 Å². The Balaban J connectivity index is 0.965. The van der Waals surface area contributed by atoms with Crippen molar-refractivity contribution in [2.75, 3.05) is 4.90 Å². The molecule has 0 spiro atoms. The lowest BCUT2D eigenvalue weighted by molar-refractivity contribution is 0.669. The van der Waals surface area contributed by atoms with Gasteiger partial charge in [-0.1, -0.05) is 128 Å². The molecule has 57 heavy (non-hydrogen) atoms. The SMILES string of the molecule is C=C1C(C/C=C(\C)c2cc(-c3ccccc3)nc(C3=CC=C(c4cccnc4-c4ccc5c(c4)oc4ccccc45)CC3)n2)c2ccccc2N1C1C=CC=CC1. The fourth-order valence-electron chi connectivity index (χ4n) is 8.68. The molecule has 0 N–H and O–H groups in total. The molecular weight excluding hydrogens is 697 g/mol. The molecule has 1 aliphatic heterocycles. The summed E-state index contributed by atoms with van der Waals surface area (Å²) in [5.41, 5.74) is 15.1. The van der Waals surface area contributed by atoms with Gasteiger partial charge in [0, 0.05) is 51.0 Å². The molecule has 276 valence electrons. The van der Waals surface area contributed by atoms with Crippen LogP contribution in [0, 0.1) is 0 Å². The Morgan fingerprint density at radius 3 is 2.46 bits per heavy atom. The summed E-state index contributed by atoms with van der Waals surface area (Å²) in [6.07, 6.45) is 21.0. The minimum absolute atomic E-state index is 0.202. The van der Waals surface area contributed by atoms with E-state index in [0.29, 0.717) is 0 Å². The van der Waals surface area contributed by atoms with Gasteiger partial charge in [-0.25, -0.2) is 9.97 Å². The van der Waals surface area contributed by atoms with Crippen LogP contribution in [0.4, 0.5) is 5.69 Å². The van der Waals surface area contributed by atoms with E-state index in [0.717, 1.165) is 104 Å². The summed E-state index contributed by atoms with van der Waals surface area (Å²) >= 11 is 0. The molecule has 5 heteroatoms. The van der Waals surface area contributed by atoms with E-state index in [9.17, 15) is 0 Å². The molecule has 3 aliphatic rings. The van der Waals surface area contributed by atoms with Gasteiger partial charge in [-0.05, 0) is 91.3 Å². The van der Waals surface area contributed by atoms with Crippen LogP contribution in [0.15, 0.2) is 181 Å². The van der Waals surface area contributed by atoms with Gasteiger partial charge in [0.1, 0.15) is 11.2 Å². The number of fused-ring (bicyclic) bond motifs is 4. The fourth-order valence-corrected chi connectivity index (χ4v) is 8.68. The smallest absolute Gasteiger partial charge is 0.156 e. The van der Waals surface area contributed by atoms with Crippen molar-refractivity contribution in [1.29, 1.82) is 0 Å². The first-order valence-electron chi connectivity index (χ1n) is 19.9. The molecule has 0 saturated carbocycles. The zero-order chi connectivity index (χ0) is 38.3. The second kappa shape index (κ2) is 14.7. The molecule has 0 radical (unpaired) electrons. The first-order valence-corrected chi connectivity index (χ1v) is 19.9. The minimum atomic E-state index is 0.202. The quantitative estimate of drug-likeness (QED) is 0.155. The zero-order valence-corrected chi connectivity index (χ0v) is 32.0. The Kier molecular flexibility index (Phi) is 8.91. The molecule has 2 aliphatic carbocycles. The predicted octanol–water partition coefficient (Wildman–Crippen LogP) is 13.2. The summed E-state index contributed by atoms with van der Waals surface area (Å²) in [6, 6.07) is 40.4. The Bertz CT molecular complexity index is 2850. The van der Waals surface area contributed by atoms with Crippen molar-refractivity contribution in [1.82, 2.24) is 15.0 Å². The van der Waals surface area contributed by atoms with Gasteiger partial charge < -0.3 is 9.32 Å². The van der Waals surface area contributed by atoms with Crippen LogP contribution >= 0.6 is 0 Å². The maximum Gasteiger partial charge on any atom is 0.156 e. The highest BCUT2D eigenvalue weighted by Crippen LogP contribution is 2.47. The largest absolute Gasteiger partial charge is 0.456 e. The summed E-state index contributed by atoms with van der Waals surface area (Å²) in [7, 11) is 0. The van der Waals surface area contributed by atoms with Crippen molar-refractivity contribution in [3.05, 3.63) is 199 Å². The average Bonchev–Trinajstić information content (AvgIpc) is 3.79. The third-order valence-corrected chi connectivity index (χ3v) is 11.7. The van der Waals surface area contributed by atoms with E-state index >= 15 is 0 Å². The standard InChI is InChI=1S/C52H42N4O/c1-34(23-29-41-35(2)56(40-16-7-4-8-17-40)48-21-11-9-18-43(41)48)46-33-47(37-14-5-3-6-15-37)55-52(54-46)38-26-24-36(25-27-38)42-20-13-31-53-51(42)39-28-30-45-44-19-10-12-22-49(44)57-50(45)32-39/h3-16,18-24,26,28,30-33,40-41H,2,17,25,27,29H2,1H3/b34-23+. The topological polar surface area (TPSA) is 55.1 Å². The molecule has 4 aromatic carbocycles. The molecule has 2 unspecified atom stereocenters. The number of aromatic nitrogens is 3. The van der Waals surface area contributed by atoms with Crippen molar-refractivity contribution in [3.8, 4) is 22.5 Å². The number of rotatable bonds is 8. The van der Waals surface area contributed by atoms with Crippen LogP contribution in [0.2, 0.25) is 0 Å². The van der Waals surface area contributed by atoms with Crippen molar-refractivity contribution in [2.24, 2.45) is 0 Å². The van der Waals surface area contributed by atoms with E-state index in [2.05, 4.69) is 152 Å². The monoisotopic (exact) mass is 738 g/mol. The molecule has 0 saturated heterocycles. The maximum absolute atomic E-state index is 6.24. The third-order valence-electron chi connectivity index (χ3n) is 11.7. The van der Waals surface area contributed by atoms with Gasteiger partial charge in [0.25, 0.3) is 0 Å². The molecule has 10 rings (SSSR count). The lowest BCUT2D eigenvalue weighted by Gasteiger charge is -2.30. The van der Waals surface area contributed by atoms with Gasteiger partial charge >= 0.3 is 0 Å². The first kappa shape index (κ1) is 34.6. The zero-order valence-electron chi connectivity index (χ0n) is 32.0. The van der Waals surface area contributed by atoms with Gasteiger partial charge in [-0.3, -0.25) is 4.98 Å². The molecule has 3 aromatic heterocycles. The molecular formula is C52H42N4O. The van der Waals surface area contributed by atoms with Gasteiger partial charge in [0.05, 0.1) is 23.1 Å². The van der Waals surface area contributed by atoms with Gasteiger partial charge in [0.15, 0.2) is 5.82 Å². The third kappa shape index (κ3) is 6.45. The van der Waals surface area contributed by atoms with Crippen LogP contribution in [0.3, 0.4) is 0 Å². The number of allylic oxidation sites excluding steroid dienone is 9. The fraction of sp³-hybridized carbons (Fsp3) is 0.135. The minimum Gasteiger partial charge on any atom is -0.456 e. The Labute approximate surface area is 333 Å². The van der Waals surface area contributed by atoms with Gasteiger partial charge in [-0.2, -0.15) is 0 Å². The number of anilines is 1. The number of hydrogen-bond donors (Lipinski definition) is 0. The number of benzene rings is 4. The second-order valence-electron chi connectivity index (χ2n) is 15.1. The van der Waals surface area contributed by atoms with E-state index in [1.807, 2.05) is 30.5 Å². The normalized spacial score (nSPS) is 17.9.